The number of amides is 2. The zero-order valence-corrected chi connectivity index (χ0v) is 23.3. The Morgan fingerprint density at radius 2 is 1.66 bits per heavy atom. The number of sulfonamides is 1. The molecular weight excluding hydrogens is 509 g/mol. The Balaban J connectivity index is 2.48. The Labute approximate surface area is 218 Å². The molecule has 0 saturated heterocycles. The second-order valence-corrected chi connectivity index (χ2v) is 11.5. The molecule has 0 unspecified atom stereocenters. The summed E-state index contributed by atoms with van der Waals surface area (Å²) in [6.45, 7) is 8.56. The largest absolute Gasteiger partial charge is 0.352 e. The second kappa shape index (κ2) is 12.1. The number of halogens is 2. The highest BCUT2D eigenvalue weighted by molar-refractivity contribution is 7.92. The van der Waals surface area contributed by atoms with Crippen LogP contribution in [-0.4, -0.2) is 50.0 Å². The molecule has 1 N–H and O–H groups in total. The summed E-state index contributed by atoms with van der Waals surface area (Å²) >= 11 is 12.7. The summed E-state index contributed by atoms with van der Waals surface area (Å²) in [5, 5.41) is 3.57. The van der Waals surface area contributed by atoms with Gasteiger partial charge in [0.1, 0.15) is 12.6 Å². The molecule has 0 aliphatic carbocycles. The van der Waals surface area contributed by atoms with Gasteiger partial charge in [0.25, 0.3) is 0 Å². The molecule has 7 nitrogen and oxygen atoms in total. The summed E-state index contributed by atoms with van der Waals surface area (Å²) < 4.78 is 26.5. The number of anilines is 1. The minimum atomic E-state index is -3.81. The minimum Gasteiger partial charge on any atom is -0.352 e. The lowest BCUT2D eigenvalue weighted by molar-refractivity contribution is -0.139. The third-order valence-corrected chi connectivity index (χ3v) is 7.69. The lowest BCUT2D eigenvalue weighted by Crippen LogP contribution is -2.52. The second-order valence-electron chi connectivity index (χ2n) is 8.78. The molecule has 0 fully saturated rings. The van der Waals surface area contributed by atoms with E-state index >= 15 is 0 Å². The summed E-state index contributed by atoms with van der Waals surface area (Å²) in [5.41, 5.74) is 2.56. The zero-order chi connectivity index (χ0) is 26.5. The van der Waals surface area contributed by atoms with Gasteiger partial charge in [0.15, 0.2) is 0 Å². The molecule has 2 rings (SSSR count). The predicted octanol–water partition coefficient (Wildman–Crippen LogP) is 4.71. The molecule has 0 radical (unpaired) electrons. The van der Waals surface area contributed by atoms with Crippen molar-refractivity contribution in [3.63, 3.8) is 0 Å². The molecule has 2 aromatic rings. The zero-order valence-electron chi connectivity index (χ0n) is 20.9. The minimum absolute atomic E-state index is 0.0586. The number of benzene rings is 2. The van der Waals surface area contributed by atoms with Crippen molar-refractivity contribution in [3.05, 3.63) is 63.1 Å². The van der Waals surface area contributed by atoms with Gasteiger partial charge >= 0.3 is 0 Å². The Morgan fingerprint density at radius 1 is 1.06 bits per heavy atom. The van der Waals surface area contributed by atoms with E-state index in [9.17, 15) is 18.0 Å². The van der Waals surface area contributed by atoms with E-state index in [0.717, 1.165) is 22.5 Å². The number of nitrogens with one attached hydrogen (secondary N) is 1. The first-order chi connectivity index (χ1) is 16.3. The quantitative estimate of drug-likeness (QED) is 0.471. The molecule has 2 amide bonds. The van der Waals surface area contributed by atoms with Crippen molar-refractivity contribution in [3.8, 4) is 0 Å². The van der Waals surface area contributed by atoms with E-state index in [-0.39, 0.29) is 18.5 Å². The van der Waals surface area contributed by atoms with Gasteiger partial charge in [-0.05, 0) is 57.9 Å². The van der Waals surface area contributed by atoms with Crippen LogP contribution in [0, 0.1) is 13.8 Å². The standard InChI is InChI=1S/C25H33Cl2N3O4S/c1-7-18(4)28-25(32)19(5)29(14-20-21(26)9-8-10-22(20)27)24(31)15-30(35(6,33)34)23-12-11-16(2)13-17(23)3/h8-13,18-19H,7,14-15H2,1-6H3,(H,28,32)/t18-,19-/m0/s1. The highest BCUT2D eigenvalue weighted by atomic mass is 35.5. The maximum atomic E-state index is 13.6. The van der Waals surface area contributed by atoms with Crippen LogP contribution in [0.5, 0.6) is 0 Å². The number of carbonyl (C=O) groups is 2. The fourth-order valence-corrected chi connectivity index (χ4v) is 5.01. The molecule has 192 valence electrons. The third-order valence-electron chi connectivity index (χ3n) is 5.86. The van der Waals surface area contributed by atoms with Gasteiger partial charge in [-0.15, -0.1) is 0 Å². The van der Waals surface area contributed by atoms with Gasteiger partial charge < -0.3 is 10.2 Å². The molecule has 0 aliphatic rings. The summed E-state index contributed by atoms with van der Waals surface area (Å²) in [5.74, 6) is -0.911. The molecule has 0 saturated carbocycles. The van der Waals surface area contributed by atoms with E-state index < -0.39 is 28.5 Å². The first-order valence-corrected chi connectivity index (χ1v) is 13.9. The molecule has 2 aromatic carbocycles. The fraction of sp³-hybridized carbons (Fsp3) is 0.440. The Kier molecular flexibility index (Phi) is 10.0. The van der Waals surface area contributed by atoms with Crippen LogP contribution in [0.4, 0.5) is 5.69 Å². The average molecular weight is 543 g/mol. The first-order valence-electron chi connectivity index (χ1n) is 11.3. The number of hydrogen-bond donors (Lipinski definition) is 1. The molecular formula is C25H33Cl2N3O4S. The SMILES string of the molecule is CC[C@H](C)NC(=O)[C@H](C)N(Cc1c(Cl)cccc1Cl)C(=O)CN(c1ccc(C)cc1C)S(C)(=O)=O. The number of carbonyl (C=O) groups excluding carboxylic acids is 2. The van der Waals surface area contributed by atoms with Crippen LogP contribution in [0.1, 0.15) is 43.9 Å². The molecule has 35 heavy (non-hydrogen) atoms. The van der Waals surface area contributed by atoms with Crippen molar-refractivity contribution in [2.45, 2.75) is 59.7 Å². The smallest absolute Gasteiger partial charge is 0.244 e. The third kappa shape index (κ3) is 7.59. The van der Waals surface area contributed by atoms with E-state index in [4.69, 9.17) is 23.2 Å². The lowest BCUT2D eigenvalue weighted by Gasteiger charge is -2.32. The highest BCUT2D eigenvalue weighted by Gasteiger charge is 2.31. The van der Waals surface area contributed by atoms with E-state index in [1.54, 1.807) is 44.2 Å². The van der Waals surface area contributed by atoms with Crippen LogP contribution in [-0.2, 0) is 26.2 Å². The van der Waals surface area contributed by atoms with Crippen LogP contribution in [0.2, 0.25) is 10.0 Å². The Hall–Kier alpha value is -2.29. The lowest BCUT2D eigenvalue weighted by atomic mass is 10.1. The number of aryl methyl sites for hydroxylation is 2. The summed E-state index contributed by atoms with van der Waals surface area (Å²) in [7, 11) is -3.81. The van der Waals surface area contributed by atoms with E-state index in [0.29, 0.717) is 26.9 Å². The predicted molar refractivity (Wildman–Crippen MR) is 142 cm³/mol. The van der Waals surface area contributed by atoms with Gasteiger partial charge in [-0.2, -0.15) is 0 Å². The molecule has 0 aliphatic heterocycles. The fourth-order valence-electron chi connectivity index (χ4n) is 3.58. The molecule has 10 heteroatoms. The highest BCUT2D eigenvalue weighted by Crippen LogP contribution is 2.28. The summed E-state index contributed by atoms with van der Waals surface area (Å²) in [6, 6.07) is 9.30. The van der Waals surface area contributed by atoms with Crippen molar-refractivity contribution in [2.75, 3.05) is 17.1 Å². The van der Waals surface area contributed by atoms with Crippen molar-refractivity contribution >= 4 is 50.7 Å². The van der Waals surface area contributed by atoms with Gasteiger partial charge in [0, 0.05) is 28.2 Å². The van der Waals surface area contributed by atoms with Crippen LogP contribution in [0.15, 0.2) is 36.4 Å². The Bertz CT molecular complexity index is 1170. The summed E-state index contributed by atoms with van der Waals surface area (Å²) in [6.07, 6.45) is 1.77. The van der Waals surface area contributed by atoms with Gasteiger partial charge in [-0.1, -0.05) is 53.9 Å². The van der Waals surface area contributed by atoms with E-state index in [1.165, 1.54) is 4.90 Å². The molecule has 0 heterocycles. The van der Waals surface area contributed by atoms with Crippen LogP contribution < -0.4 is 9.62 Å². The number of rotatable bonds is 10. The monoisotopic (exact) mass is 541 g/mol. The number of nitrogens with zero attached hydrogens (tertiary/aromatic N) is 2. The topological polar surface area (TPSA) is 86.8 Å². The molecule has 2 atom stereocenters. The van der Waals surface area contributed by atoms with Crippen LogP contribution >= 0.6 is 23.2 Å². The maximum absolute atomic E-state index is 13.6. The van der Waals surface area contributed by atoms with Crippen LogP contribution in [0.25, 0.3) is 0 Å². The van der Waals surface area contributed by atoms with Crippen molar-refractivity contribution < 1.29 is 18.0 Å². The maximum Gasteiger partial charge on any atom is 0.244 e. The first kappa shape index (κ1) is 28.9. The van der Waals surface area contributed by atoms with E-state index in [2.05, 4.69) is 5.32 Å². The number of hydrogen-bond acceptors (Lipinski definition) is 4. The van der Waals surface area contributed by atoms with Crippen molar-refractivity contribution in [1.82, 2.24) is 10.2 Å². The van der Waals surface area contributed by atoms with Gasteiger partial charge in [-0.3, -0.25) is 13.9 Å². The molecule has 0 spiro atoms. The van der Waals surface area contributed by atoms with Crippen molar-refractivity contribution in [1.29, 1.82) is 0 Å². The van der Waals surface area contributed by atoms with Crippen molar-refractivity contribution in [2.24, 2.45) is 0 Å². The van der Waals surface area contributed by atoms with E-state index in [1.807, 2.05) is 26.8 Å². The van der Waals surface area contributed by atoms with Gasteiger partial charge in [-0.25, -0.2) is 8.42 Å². The van der Waals surface area contributed by atoms with Gasteiger partial charge in [0.2, 0.25) is 21.8 Å². The molecule has 0 aromatic heterocycles. The Morgan fingerprint density at radius 3 is 2.17 bits per heavy atom. The average Bonchev–Trinajstić information content (AvgIpc) is 2.76. The molecule has 0 bridgehead atoms. The summed E-state index contributed by atoms with van der Waals surface area (Å²) in [4.78, 5) is 27.9. The van der Waals surface area contributed by atoms with Crippen LogP contribution in [0.3, 0.4) is 0 Å². The normalized spacial score (nSPS) is 13.1. The van der Waals surface area contributed by atoms with Gasteiger partial charge in [0.05, 0.1) is 11.9 Å².